The van der Waals surface area contributed by atoms with Gasteiger partial charge in [-0.1, -0.05) is 17.7 Å². The first-order valence-electron chi connectivity index (χ1n) is 7.38. The Kier molecular flexibility index (Phi) is 2.97. The molecular formula is C17H25N. The molecule has 2 fully saturated rings. The van der Waals surface area contributed by atoms with Crippen LogP contribution in [0.2, 0.25) is 0 Å². The minimum atomic E-state index is 0.591. The van der Waals surface area contributed by atoms with Gasteiger partial charge in [0.05, 0.1) is 0 Å². The molecule has 0 unspecified atom stereocenters. The molecule has 98 valence electrons. The summed E-state index contributed by atoms with van der Waals surface area (Å²) in [5.74, 6) is 0. The molecule has 2 aliphatic carbocycles. The van der Waals surface area contributed by atoms with Crippen LogP contribution < -0.4 is 5.32 Å². The summed E-state index contributed by atoms with van der Waals surface area (Å²) < 4.78 is 0. The maximum Gasteiger partial charge on any atom is 0.00684 e. The van der Waals surface area contributed by atoms with Crippen molar-refractivity contribution in [2.24, 2.45) is 5.41 Å². The Bertz CT molecular complexity index is 430. The average Bonchev–Trinajstić information content (AvgIpc) is 3.17. The zero-order valence-electron chi connectivity index (χ0n) is 12.0. The fourth-order valence-electron chi connectivity index (χ4n) is 3.10. The summed E-state index contributed by atoms with van der Waals surface area (Å²) in [7, 11) is 0. The van der Waals surface area contributed by atoms with Gasteiger partial charge in [-0.15, -0.1) is 0 Å². The topological polar surface area (TPSA) is 12.0 Å². The molecule has 1 nitrogen and oxygen atoms in total. The Morgan fingerprint density at radius 2 is 1.72 bits per heavy atom. The van der Waals surface area contributed by atoms with E-state index in [1.54, 1.807) is 5.56 Å². The number of aryl methyl sites for hydroxylation is 3. The van der Waals surface area contributed by atoms with Crippen molar-refractivity contribution in [3.63, 3.8) is 0 Å². The van der Waals surface area contributed by atoms with Crippen LogP contribution in [0.15, 0.2) is 12.1 Å². The lowest BCUT2D eigenvalue weighted by molar-refractivity contribution is 0.452. The summed E-state index contributed by atoms with van der Waals surface area (Å²) in [6, 6.07) is 5.53. The molecule has 0 spiro atoms. The van der Waals surface area contributed by atoms with Crippen molar-refractivity contribution in [1.29, 1.82) is 0 Å². The molecule has 18 heavy (non-hydrogen) atoms. The highest BCUT2D eigenvalue weighted by Gasteiger charge is 2.43. The van der Waals surface area contributed by atoms with E-state index in [1.807, 2.05) is 0 Å². The summed E-state index contributed by atoms with van der Waals surface area (Å²) in [4.78, 5) is 0. The first kappa shape index (κ1) is 12.2. The summed E-state index contributed by atoms with van der Waals surface area (Å²) in [6.07, 6.45) is 6.92. The molecule has 0 amide bonds. The van der Waals surface area contributed by atoms with Gasteiger partial charge < -0.3 is 5.32 Å². The van der Waals surface area contributed by atoms with E-state index >= 15 is 0 Å². The minimum Gasteiger partial charge on any atom is -0.313 e. The molecule has 3 rings (SSSR count). The molecule has 0 atom stereocenters. The fourth-order valence-corrected chi connectivity index (χ4v) is 3.10. The van der Waals surface area contributed by atoms with Crippen LogP contribution in [-0.4, -0.2) is 12.6 Å². The van der Waals surface area contributed by atoms with Crippen molar-refractivity contribution in [3.8, 4) is 0 Å². The van der Waals surface area contributed by atoms with Gasteiger partial charge in [0.2, 0.25) is 0 Å². The second kappa shape index (κ2) is 4.38. The van der Waals surface area contributed by atoms with Gasteiger partial charge in [0.15, 0.2) is 0 Å². The molecule has 0 radical (unpaired) electrons. The van der Waals surface area contributed by atoms with E-state index in [0.717, 1.165) is 6.04 Å². The number of hydrogen-bond acceptors (Lipinski definition) is 1. The second-order valence-corrected chi connectivity index (χ2v) is 6.71. The molecule has 0 bridgehead atoms. The van der Waals surface area contributed by atoms with Crippen LogP contribution in [0.25, 0.3) is 0 Å². The monoisotopic (exact) mass is 243 g/mol. The van der Waals surface area contributed by atoms with E-state index in [1.165, 1.54) is 55.3 Å². The Hall–Kier alpha value is -0.820. The SMILES string of the molecule is Cc1cc(C)c(CC2(CNC3CC3)CC2)c(C)c1. The lowest BCUT2D eigenvalue weighted by Crippen LogP contribution is -2.27. The number of hydrogen-bond donors (Lipinski definition) is 1. The highest BCUT2D eigenvalue weighted by molar-refractivity contribution is 5.38. The standard InChI is InChI=1S/C17H25N/c1-12-8-13(2)16(14(3)9-12)10-17(6-7-17)11-18-15-4-5-15/h8-9,15,18H,4-7,10-11H2,1-3H3. The Morgan fingerprint density at radius 1 is 1.11 bits per heavy atom. The maximum absolute atomic E-state index is 3.73. The molecule has 0 aromatic heterocycles. The Morgan fingerprint density at radius 3 is 2.22 bits per heavy atom. The highest BCUT2D eigenvalue weighted by atomic mass is 15.0. The van der Waals surface area contributed by atoms with Crippen molar-refractivity contribution in [3.05, 3.63) is 34.4 Å². The van der Waals surface area contributed by atoms with Crippen LogP contribution in [-0.2, 0) is 6.42 Å². The molecule has 0 saturated heterocycles. The Labute approximate surface area is 111 Å². The van der Waals surface area contributed by atoms with Gasteiger partial charge in [-0.2, -0.15) is 0 Å². The quantitative estimate of drug-likeness (QED) is 0.831. The lowest BCUT2D eigenvalue weighted by Gasteiger charge is -2.19. The van der Waals surface area contributed by atoms with Crippen LogP contribution in [0, 0.1) is 26.2 Å². The van der Waals surface area contributed by atoms with Gasteiger partial charge in [0.1, 0.15) is 0 Å². The third-order valence-electron chi connectivity index (χ3n) is 4.69. The van der Waals surface area contributed by atoms with E-state index in [4.69, 9.17) is 0 Å². The summed E-state index contributed by atoms with van der Waals surface area (Å²) in [5.41, 5.74) is 6.58. The van der Waals surface area contributed by atoms with E-state index in [9.17, 15) is 0 Å². The van der Waals surface area contributed by atoms with Crippen LogP contribution >= 0.6 is 0 Å². The van der Waals surface area contributed by atoms with Gasteiger partial charge >= 0.3 is 0 Å². The predicted molar refractivity (Wildman–Crippen MR) is 77.0 cm³/mol. The molecule has 1 N–H and O–H groups in total. The molecule has 1 aromatic rings. The van der Waals surface area contributed by atoms with Crippen molar-refractivity contribution in [2.45, 2.75) is 58.9 Å². The van der Waals surface area contributed by atoms with Gasteiger partial charge in [0, 0.05) is 12.6 Å². The average molecular weight is 243 g/mol. The molecule has 2 aliphatic rings. The largest absolute Gasteiger partial charge is 0.313 e. The smallest absolute Gasteiger partial charge is 0.00684 e. The number of benzene rings is 1. The van der Waals surface area contributed by atoms with Gasteiger partial charge in [-0.25, -0.2) is 0 Å². The normalized spacial score (nSPS) is 21.1. The minimum absolute atomic E-state index is 0.591. The predicted octanol–water partition coefficient (Wildman–Crippen LogP) is 3.69. The zero-order chi connectivity index (χ0) is 12.8. The van der Waals surface area contributed by atoms with Crippen LogP contribution in [0.3, 0.4) is 0 Å². The molecule has 2 saturated carbocycles. The van der Waals surface area contributed by atoms with Crippen molar-refractivity contribution in [2.75, 3.05) is 6.54 Å². The molecule has 0 heterocycles. The van der Waals surface area contributed by atoms with Crippen LogP contribution in [0.5, 0.6) is 0 Å². The number of rotatable bonds is 5. The molecule has 0 aliphatic heterocycles. The third kappa shape index (κ3) is 2.61. The van der Waals surface area contributed by atoms with E-state index < -0.39 is 0 Å². The summed E-state index contributed by atoms with van der Waals surface area (Å²) in [5, 5.41) is 3.73. The third-order valence-corrected chi connectivity index (χ3v) is 4.69. The van der Waals surface area contributed by atoms with Crippen molar-refractivity contribution < 1.29 is 0 Å². The van der Waals surface area contributed by atoms with Crippen LogP contribution in [0.4, 0.5) is 0 Å². The highest BCUT2D eigenvalue weighted by Crippen LogP contribution is 2.49. The van der Waals surface area contributed by atoms with Crippen molar-refractivity contribution in [1.82, 2.24) is 5.32 Å². The van der Waals surface area contributed by atoms with E-state index in [0.29, 0.717) is 5.41 Å². The van der Waals surface area contributed by atoms with E-state index in [-0.39, 0.29) is 0 Å². The lowest BCUT2D eigenvalue weighted by atomic mass is 9.89. The first-order valence-corrected chi connectivity index (χ1v) is 7.38. The maximum atomic E-state index is 3.73. The van der Waals surface area contributed by atoms with Crippen molar-refractivity contribution >= 4 is 0 Å². The molecule has 1 heteroatoms. The summed E-state index contributed by atoms with van der Waals surface area (Å²) in [6.45, 7) is 8.00. The number of nitrogens with one attached hydrogen (secondary N) is 1. The molecule has 1 aromatic carbocycles. The Balaban J connectivity index is 1.71. The molecular weight excluding hydrogens is 218 g/mol. The van der Waals surface area contributed by atoms with Gasteiger partial charge in [-0.3, -0.25) is 0 Å². The fraction of sp³-hybridized carbons (Fsp3) is 0.647. The second-order valence-electron chi connectivity index (χ2n) is 6.71. The summed E-state index contributed by atoms with van der Waals surface area (Å²) >= 11 is 0. The van der Waals surface area contributed by atoms with Gasteiger partial charge in [0.25, 0.3) is 0 Å². The van der Waals surface area contributed by atoms with Crippen LogP contribution in [0.1, 0.15) is 47.9 Å². The van der Waals surface area contributed by atoms with E-state index in [2.05, 4.69) is 38.2 Å². The van der Waals surface area contributed by atoms with Gasteiger partial charge in [-0.05, 0) is 75.0 Å². The first-order chi connectivity index (χ1) is 8.58. The zero-order valence-corrected chi connectivity index (χ0v) is 12.0.